The van der Waals surface area contributed by atoms with E-state index in [4.69, 9.17) is 0 Å². The lowest BCUT2D eigenvalue weighted by molar-refractivity contribution is 0.954. The van der Waals surface area contributed by atoms with E-state index in [9.17, 15) is 4.91 Å². The van der Waals surface area contributed by atoms with Gasteiger partial charge in [0.1, 0.15) is 0 Å². The van der Waals surface area contributed by atoms with Gasteiger partial charge in [-0.15, -0.1) is 4.91 Å². The zero-order chi connectivity index (χ0) is 11.4. The fourth-order valence-corrected chi connectivity index (χ4v) is 2.69. The van der Waals surface area contributed by atoms with Gasteiger partial charge in [-0.25, -0.2) is 0 Å². The Morgan fingerprint density at radius 1 is 0.765 bits per heavy atom. The third kappa shape index (κ3) is 0.916. The van der Waals surface area contributed by atoms with E-state index in [1.807, 2.05) is 24.3 Å². The molecule has 0 aliphatic carbocycles. The minimum atomic E-state index is 0.879. The molecular formula is C14H8N2O. The molecule has 0 atom stereocenters. The van der Waals surface area contributed by atoms with Crippen molar-refractivity contribution in [2.45, 2.75) is 0 Å². The highest BCUT2D eigenvalue weighted by Gasteiger charge is 2.14. The average molecular weight is 220 g/mol. The van der Waals surface area contributed by atoms with Crippen LogP contribution in [0, 0.1) is 4.91 Å². The second-order valence-corrected chi connectivity index (χ2v) is 4.21. The molecule has 0 N–H and O–H groups in total. The topological polar surface area (TPSA) is 34.4 Å². The molecule has 0 radical (unpaired) electrons. The van der Waals surface area contributed by atoms with Crippen molar-refractivity contribution in [3.05, 3.63) is 53.4 Å². The van der Waals surface area contributed by atoms with Gasteiger partial charge in [-0.2, -0.15) is 4.68 Å². The van der Waals surface area contributed by atoms with Crippen LogP contribution in [0.3, 0.4) is 0 Å². The zero-order valence-corrected chi connectivity index (χ0v) is 8.92. The van der Waals surface area contributed by atoms with E-state index >= 15 is 0 Å². The van der Waals surface area contributed by atoms with E-state index in [0.717, 1.165) is 32.6 Å². The van der Waals surface area contributed by atoms with Crippen LogP contribution in [0.1, 0.15) is 0 Å². The number of aromatic nitrogens is 1. The molecule has 0 aliphatic rings. The molecule has 0 saturated heterocycles. The maximum atomic E-state index is 11.0. The van der Waals surface area contributed by atoms with Crippen LogP contribution in [0.5, 0.6) is 0 Å². The highest BCUT2D eigenvalue weighted by molar-refractivity contribution is 6.23. The van der Waals surface area contributed by atoms with Crippen molar-refractivity contribution in [1.82, 2.24) is 4.68 Å². The molecule has 17 heavy (non-hydrogen) atoms. The summed E-state index contributed by atoms with van der Waals surface area (Å²) in [5.74, 6) is 0. The first-order valence-corrected chi connectivity index (χ1v) is 5.48. The molecule has 0 bridgehead atoms. The second-order valence-electron chi connectivity index (χ2n) is 4.21. The number of nitrogens with zero attached hydrogens (tertiary/aromatic N) is 2. The average Bonchev–Trinajstić information content (AvgIpc) is 2.72. The summed E-state index contributed by atoms with van der Waals surface area (Å²) in [6, 6.07) is 16.1. The normalized spacial score (nSPS) is 11.8. The number of benzene rings is 3. The summed E-state index contributed by atoms with van der Waals surface area (Å²) in [5.41, 5.74) is 1.76. The fraction of sp³-hybridized carbons (Fsp3) is 0. The SMILES string of the molecule is O=Nn1c2cccc3ccc4cccc1c4c32. The van der Waals surface area contributed by atoms with Crippen molar-refractivity contribution in [2.75, 3.05) is 0 Å². The van der Waals surface area contributed by atoms with E-state index in [1.165, 1.54) is 4.68 Å². The van der Waals surface area contributed by atoms with Crippen molar-refractivity contribution in [2.24, 2.45) is 5.29 Å². The molecular weight excluding hydrogens is 212 g/mol. The Labute approximate surface area is 96.5 Å². The molecule has 3 aromatic carbocycles. The highest BCUT2D eigenvalue weighted by atomic mass is 16.3. The predicted octanol–water partition coefficient (Wildman–Crippen LogP) is 3.92. The van der Waals surface area contributed by atoms with Crippen LogP contribution < -0.4 is 0 Å². The molecule has 0 spiro atoms. The largest absolute Gasteiger partial charge is 0.196 e. The first-order valence-electron chi connectivity index (χ1n) is 5.48. The van der Waals surface area contributed by atoms with Gasteiger partial charge in [0.05, 0.1) is 16.3 Å². The summed E-state index contributed by atoms with van der Waals surface area (Å²) in [6.07, 6.45) is 0. The molecule has 3 heteroatoms. The van der Waals surface area contributed by atoms with Crippen molar-refractivity contribution in [3.8, 4) is 0 Å². The number of nitroso groups, excluding NO2 is 1. The van der Waals surface area contributed by atoms with Crippen LogP contribution in [0.15, 0.2) is 53.8 Å². The number of rotatable bonds is 1. The quantitative estimate of drug-likeness (QED) is 0.353. The number of hydrogen-bond acceptors (Lipinski definition) is 2. The van der Waals surface area contributed by atoms with E-state index in [1.54, 1.807) is 0 Å². The van der Waals surface area contributed by atoms with Gasteiger partial charge < -0.3 is 0 Å². The summed E-state index contributed by atoms with van der Waals surface area (Å²) in [6.45, 7) is 0. The van der Waals surface area contributed by atoms with Gasteiger partial charge in [-0.05, 0) is 22.9 Å². The van der Waals surface area contributed by atoms with Gasteiger partial charge in [-0.3, -0.25) is 0 Å². The minimum Gasteiger partial charge on any atom is -0.196 e. The lowest BCUT2D eigenvalue weighted by Crippen LogP contribution is -1.84. The Kier molecular flexibility index (Phi) is 1.45. The van der Waals surface area contributed by atoms with Crippen molar-refractivity contribution in [1.29, 1.82) is 0 Å². The standard InChI is InChI=1S/C14H8N2O/c17-15-16-11-5-1-3-9-7-8-10-4-2-6-12(16)14(10)13(9)11/h1-8H. The first kappa shape index (κ1) is 8.70. The van der Waals surface area contributed by atoms with Gasteiger partial charge in [0, 0.05) is 10.8 Å². The van der Waals surface area contributed by atoms with Crippen LogP contribution in [0.4, 0.5) is 0 Å². The predicted molar refractivity (Wildman–Crippen MR) is 69.3 cm³/mol. The van der Waals surface area contributed by atoms with Crippen molar-refractivity contribution in [3.63, 3.8) is 0 Å². The van der Waals surface area contributed by atoms with Crippen molar-refractivity contribution >= 4 is 32.6 Å². The van der Waals surface area contributed by atoms with Crippen LogP contribution >= 0.6 is 0 Å². The summed E-state index contributed by atoms with van der Waals surface area (Å²) in [5, 5.41) is 7.68. The Morgan fingerprint density at radius 3 is 1.76 bits per heavy atom. The van der Waals surface area contributed by atoms with E-state index in [0.29, 0.717) is 0 Å². The smallest absolute Gasteiger partial charge is 0.0770 e. The lowest BCUT2D eigenvalue weighted by Gasteiger charge is -1.99. The van der Waals surface area contributed by atoms with Crippen LogP contribution in [-0.4, -0.2) is 4.68 Å². The van der Waals surface area contributed by atoms with Crippen molar-refractivity contribution < 1.29 is 0 Å². The molecule has 0 amide bonds. The Bertz CT molecular complexity index is 793. The monoisotopic (exact) mass is 220 g/mol. The molecule has 0 aliphatic heterocycles. The Morgan fingerprint density at radius 2 is 1.29 bits per heavy atom. The molecule has 1 heterocycles. The summed E-state index contributed by atoms with van der Waals surface area (Å²) in [7, 11) is 0. The molecule has 4 rings (SSSR count). The number of hydrogen-bond donors (Lipinski definition) is 0. The van der Waals surface area contributed by atoms with Gasteiger partial charge in [-0.1, -0.05) is 36.4 Å². The Balaban J connectivity index is 2.52. The second kappa shape index (κ2) is 2.83. The van der Waals surface area contributed by atoms with Gasteiger partial charge >= 0.3 is 0 Å². The fourth-order valence-electron chi connectivity index (χ4n) is 2.69. The van der Waals surface area contributed by atoms with Gasteiger partial charge in [0.15, 0.2) is 0 Å². The Hall–Kier alpha value is -2.42. The molecule has 1 aromatic heterocycles. The lowest BCUT2D eigenvalue weighted by atomic mass is 10.0. The van der Waals surface area contributed by atoms with Gasteiger partial charge in [0.25, 0.3) is 0 Å². The minimum absolute atomic E-state index is 0.879. The van der Waals surface area contributed by atoms with E-state index in [2.05, 4.69) is 29.6 Å². The zero-order valence-electron chi connectivity index (χ0n) is 8.92. The van der Waals surface area contributed by atoms with Gasteiger partial charge in [0.2, 0.25) is 0 Å². The molecule has 0 unspecified atom stereocenters. The molecule has 3 nitrogen and oxygen atoms in total. The summed E-state index contributed by atoms with van der Waals surface area (Å²) < 4.78 is 1.48. The van der Waals surface area contributed by atoms with Crippen LogP contribution in [0.2, 0.25) is 0 Å². The van der Waals surface area contributed by atoms with E-state index in [-0.39, 0.29) is 0 Å². The molecule has 80 valence electrons. The summed E-state index contributed by atoms with van der Waals surface area (Å²) in [4.78, 5) is 11.0. The maximum Gasteiger partial charge on any atom is 0.0770 e. The van der Waals surface area contributed by atoms with Crippen LogP contribution in [-0.2, 0) is 0 Å². The molecule has 0 saturated carbocycles. The maximum absolute atomic E-state index is 11.0. The molecule has 4 aromatic rings. The van der Waals surface area contributed by atoms with E-state index < -0.39 is 0 Å². The third-order valence-corrected chi connectivity index (χ3v) is 3.38. The summed E-state index contributed by atoms with van der Waals surface area (Å²) >= 11 is 0. The highest BCUT2D eigenvalue weighted by Crippen LogP contribution is 2.36. The molecule has 0 fully saturated rings. The first-order chi connectivity index (χ1) is 8.40. The third-order valence-electron chi connectivity index (χ3n) is 3.38. The van der Waals surface area contributed by atoms with Crippen LogP contribution in [0.25, 0.3) is 32.6 Å².